The third kappa shape index (κ3) is 3.50. The highest BCUT2D eigenvalue weighted by Gasteiger charge is 2.37. The smallest absolute Gasteiger partial charge is 0.308 e. The van der Waals surface area contributed by atoms with Crippen molar-refractivity contribution in [3.05, 3.63) is 0 Å². The van der Waals surface area contributed by atoms with Crippen LogP contribution in [0.4, 0.5) is 0 Å². The molecule has 1 aliphatic carbocycles. The van der Waals surface area contributed by atoms with Gasteiger partial charge in [0.1, 0.15) is 6.42 Å². The number of carbonyl (C=O) groups excluding carboxylic acids is 1. The zero-order valence-corrected chi connectivity index (χ0v) is 11.8. The average molecular weight is 278 g/mol. The Bertz CT molecular complexity index is 410. The molecule has 2 aliphatic rings. The predicted molar refractivity (Wildman–Crippen MR) is 72.6 cm³/mol. The summed E-state index contributed by atoms with van der Waals surface area (Å²) in [4.78, 5) is 24.8. The molecule has 0 aromatic carbocycles. The predicted octanol–water partition coefficient (Wildman–Crippen LogP) is 2.03. The van der Waals surface area contributed by atoms with Crippen LogP contribution in [-0.4, -0.2) is 35.0 Å². The number of hydrogen-bond acceptors (Lipinski definition) is 3. The van der Waals surface area contributed by atoms with Crippen LogP contribution in [0, 0.1) is 29.1 Å². The largest absolute Gasteiger partial charge is 0.481 e. The van der Waals surface area contributed by atoms with E-state index in [1.807, 2.05) is 6.07 Å². The molecular weight excluding hydrogens is 256 g/mol. The Morgan fingerprint density at radius 1 is 1.15 bits per heavy atom. The Labute approximate surface area is 119 Å². The molecule has 2 atom stereocenters. The number of nitrogens with zero attached hydrogens (tertiary/aromatic N) is 2. The lowest BCUT2D eigenvalue weighted by molar-refractivity contribution is -0.147. The minimum absolute atomic E-state index is 0.149. The van der Waals surface area contributed by atoms with Gasteiger partial charge in [-0.15, -0.1) is 0 Å². The fraction of sp³-hybridized carbons (Fsp3) is 0.800. The molecule has 1 saturated carbocycles. The minimum atomic E-state index is -0.819. The first-order chi connectivity index (χ1) is 9.61. The molecule has 1 amide bonds. The van der Waals surface area contributed by atoms with E-state index in [0.29, 0.717) is 18.9 Å². The van der Waals surface area contributed by atoms with E-state index in [4.69, 9.17) is 5.26 Å². The van der Waals surface area contributed by atoms with Crippen molar-refractivity contribution in [3.8, 4) is 6.07 Å². The van der Waals surface area contributed by atoms with Crippen LogP contribution in [0.25, 0.3) is 0 Å². The van der Waals surface area contributed by atoms with Crippen LogP contribution in [0.5, 0.6) is 0 Å². The fourth-order valence-electron chi connectivity index (χ4n) is 3.65. The van der Waals surface area contributed by atoms with Crippen molar-refractivity contribution in [2.24, 2.45) is 17.8 Å². The number of amides is 1. The van der Waals surface area contributed by atoms with Crippen LogP contribution in [0.2, 0.25) is 0 Å². The highest BCUT2D eigenvalue weighted by atomic mass is 16.4. The van der Waals surface area contributed by atoms with Crippen molar-refractivity contribution in [2.75, 3.05) is 13.1 Å². The van der Waals surface area contributed by atoms with Crippen molar-refractivity contribution in [2.45, 2.75) is 44.9 Å². The standard InChI is InChI=1S/C15H22N2O3/c16-7-6-14(18)17-9-12(8-13(10-17)15(19)20)11-4-2-1-3-5-11/h11-13H,1-6,8-10H2,(H,19,20). The van der Waals surface area contributed by atoms with Crippen molar-refractivity contribution in [1.29, 1.82) is 5.26 Å². The lowest BCUT2D eigenvalue weighted by Crippen LogP contribution is -2.48. The maximum atomic E-state index is 11.9. The van der Waals surface area contributed by atoms with E-state index in [-0.39, 0.29) is 24.8 Å². The lowest BCUT2D eigenvalue weighted by Gasteiger charge is -2.40. The summed E-state index contributed by atoms with van der Waals surface area (Å²) in [5, 5.41) is 17.9. The van der Waals surface area contributed by atoms with Crippen LogP contribution in [0.15, 0.2) is 0 Å². The fourth-order valence-corrected chi connectivity index (χ4v) is 3.65. The number of hydrogen-bond donors (Lipinski definition) is 1. The molecule has 5 heteroatoms. The molecule has 1 heterocycles. The average Bonchev–Trinajstić information content (AvgIpc) is 2.48. The van der Waals surface area contributed by atoms with Crippen LogP contribution < -0.4 is 0 Å². The number of piperidine rings is 1. The molecule has 5 nitrogen and oxygen atoms in total. The summed E-state index contributed by atoms with van der Waals surface area (Å²) in [5.41, 5.74) is 0. The van der Waals surface area contributed by atoms with Gasteiger partial charge >= 0.3 is 5.97 Å². The monoisotopic (exact) mass is 278 g/mol. The first-order valence-corrected chi connectivity index (χ1v) is 7.49. The van der Waals surface area contributed by atoms with Crippen LogP contribution in [0.3, 0.4) is 0 Å². The Kier molecular flexibility index (Phi) is 4.99. The summed E-state index contributed by atoms with van der Waals surface area (Å²) < 4.78 is 0. The number of carboxylic acids is 1. The second-order valence-corrected chi connectivity index (χ2v) is 6.06. The second kappa shape index (κ2) is 6.74. The molecule has 110 valence electrons. The van der Waals surface area contributed by atoms with Crippen LogP contribution in [0.1, 0.15) is 44.9 Å². The van der Waals surface area contributed by atoms with E-state index in [0.717, 1.165) is 12.8 Å². The van der Waals surface area contributed by atoms with Gasteiger partial charge in [-0.1, -0.05) is 32.1 Å². The summed E-state index contributed by atoms with van der Waals surface area (Å²) in [6.45, 7) is 0.897. The highest BCUT2D eigenvalue weighted by molar-refractivity contribution is 5.79. The molecule has 0 spiro atoms. The Balaban J connectivity index is 2.05. The van der Waals surface area contributed by atoms with Gasteiger partial charge in [-0.05, 0) is 18.3 Å². The minimum Gasteiger partial charge on any atom is -0.481 e. The van der Waals surface area contributed by atoms with Gasteiger partial charge in [0.05, 0.1) is 12.0 Å². The van der Waals surface area contributed by atoms with Gasteiger partial charge < -0.3 is 10.0 Å². The number of likely N-dealkylation sites (tertiary alicyclic amines) is 1. The molecule has 2 fully saturated rings. The van der Waals surface area contributed by atoms with E-state index in [2.05, 4.69) is 0 Å². The molecule has 1 N–H and O–H groups in total. The van der Waals surface area contributed by atoms with Gasteiger partial charge in [0, 0.05) is 13.1 Å². The molecule has 0 bridgehead atoms. The van der Waals surface area contributed by atoms with Gasteiger partial charge in [0.25, 0.3) is 0 Å². The quantitative estimate of drug-likeness (QED) is 0.856. The summed E-state index contributed by atoms with van der Waals surface area (Å²) in [5.74, 6) is -0.686. The molecule has 2 rings (SSSR count). The van der Waals surface area contributed by atoms with Gasteiger partial charge in [-0.2, -0.15) is 5.26 Å². The lowest BCUT2D eigenvalue weighted by atomic mass is 9.74. The topological polar surface area (TPSA) is 81.4 Å². The highest BCUT2D eigenvalue weighted by Crippen LogP contribution is 2.36. The van der Waals surface area contributed by atoms with Crippen LogP contribution >= 0.6 is 0 Å². The molecule has 0 aromatic heterocycles. The number of carboxylic acid groups (broad SMARTS) is 1. The molecule has 0 aromatic rings. The molecule has 2 unspecified atom stereocenters. The van der Waals surface area contributed by atoms with Crippen molar-refractivity contribution in [3.63, 3.8) is 0 Å². The molecule has 0 radical (unpaired) electrons. The van der Waals surface area contributed by atoms with E-state index in [1.54, 1.807) is 4.90 Å². The Hall–Kier alpha value is -1.57. The van der Waals surface area contributed by atoms with Gasteiger partial charge in [0.2, 0.25) is 5.91 Å². The molecular formula is C15H22N2O3. The number of nitriles is 1. The van der Waals surface area contributed by atoms with Gasteiger partial charge in [-0.3, -0.25) is 9.59 Å². The zero-order chi connectivity index (χ0) is 14.5. The van der Waals surface area contributed by atoms with Crippen LogP contribution in [-0.2, 0) is 9.59 Å². The third-order valence-electron chi connectivity index (χ3n) is 4.73. The number of rotatable bonds is 3. The summed E-state index contributed by atoms with van der Waals surface area (Å²) in [7, 11) is 0. The Morgan fingerprint density at radius 3 is 2.45 bits per heavy atom. The summed E-state index contributed by atoms with van der Waals surface area (Å²) in [6, 6.07) is 1.86. The van der Waals surface area contributed by atoms with E-state index in [9.17, 15) is 14.7 Å². The third-order valence-corrected chi connectivity index (χ3v) is 4.73. The molecule has 1 aliphatic heterocycles. The first kappa shape index (κ1) is 14.8. The number of carbonyl (C=O) groups is 2. The SMILES string of the molecule is N#CCC(=O)N1CC(C(=O)O)CC(C2CCCCC2)C1. The molecule has 1 saturated heterocycles. The van der Waals surface area contributed by atoms with E-state index >= 15 is 0 Å². The molecule has 20 heavy (non-hydrogen) atoms. The second-order valence-electron chi connectivity index (χ2n) is 6.06. The van der Waals surface area contributed by atoms with Crippen molar-refractivity contribution >= 4 is 11.9 Å². The normalized spacial score (nSPS) is 27.9. The summed E-state index contributed by atoms with van der Waals surface area (Å²) >= 11 is 0. The Morgan fingerprint density at radius 2 is 1.85 bits per heavy atom. The first-order valence-electron chi connectivity index (χ1n) is 7.49. The zero-order valence-electron chi connectivity index (χ0n) is 11.8. The van der Waals surface area contributed by atoms with E-state index in [1.165, 1.54) is 19.3 Å². The van der Waals surface area contributed by atoms with E-state index < -0.39 is 11.9 Å². The maximum absolute atomic E-state index is 11.9. The van der Waals surface area contributed by atoms with Crippen molar-refractivity contribution in [1.82, 2.24) is 4.90 Å². The van der Waals surface area contributed by atoms with Gasteiger partial charge in [0.15, 0.2) is 0 Å². The summed E-state index contributed by atoms with van der Waals surface area (Å²) in [6.07, 6.45) is 6.52. The number of aliphatic carboxylic acids is 1. The van der Waals surface area contributed by atoms with Gasteiger partial charge in [-0.25, -0.2) is 0 Å². The maximum Gasteiger partial charge on any atom is 0.308 e. The van der Waals surface area contributed by atoms with Crippen molar-refractivity contribution < 1.29 is 14.7 Å².